The maximum atomic E-state index is 11.4. The molecule has 0 aliphatic rings. The van der Waals surface area contributed by atoms with Crippen LogP contribution in [0.2, 0.25) is 0 Å². The molecule has 1 aromatic rings. The molecule has 0 saturated carbocycles. The van der Waals surface area contributed by atoms with Crippen molar-refractivity contribution in [3.05, 3.63) is 34.2 Å². The van der Waals surface area contributed by atoms with Gasteiger partial charge in [-0.25, -0.2) is 0 Å². The molecule has 0 unspecified atom stereocenters. The Morgan fingerprint density at radius 3 is 2.44 bits per heavy atom. The number of hydrogen-bond donors (Lipinski definition) is 1. The Morgan fingerprint density at radius 2 is 1.75 bits per heavy atom. The SMILES string of the molecule is CCCCCCCCCc1ccc[nH]c1=O. The van der Waals surface area contributed by atoms with Crippen LogP contribution in [0, 0.1) is 0 Å². The molecule has 0 aliphatic heterocycles. The van der Waals surface area contributed by atoms with Gasteiger partial charge in [0.25, 0.3) is 5.56 Å². The van der Waals surface area contributed by atoms with Crippen molar-refractivity contribution < 1.29 is 0 Å². The number of nitrogens with one attached hydrogen (secondary N) is 1. The van der Waals surface area contributed by atoms with E-state index in [1.807, 2.05) is 12.1 Å². The molecule has 0 radical (unpaired) electrons. The van der Waals surface area contributed by atoms with E-state index in [-0.39, 0.29) is 5.56 Å². The van der Waals surface area contributed by atoms with Crippen LogP contribution in [-0.4, -0.2) is 4.98 Å². The maximum Gasteiger partial charge on any atom is 0.251 e. The molecule has 0 fully saturated rings. The molecule has 2 nitrogen and oxygen atoms in total. The molecule has 1 aromatic heterocycles. The van der Waals surface area contributed by atoms with Gasteiger partial charge in [-0.05, 0) is 18.9 Å². The number of rotatable bonds is 8. The van der Waals surface area contributed by atoms with Crippen molar-refractivity contribution in [2.24, 2.45) is 0 Å². The smallest absolute Gasteiger partial charge is 0.251 e. The van der Waals surface area contributed by atoms with E-state index in [9.17, 15) is 4.79 Å². The summed E-state index contributed by atoms with van der Waals surface area (Å²) >= 11 is 0. The fourth-order valence-electron chi connectivity index (χ4n) is 1.93. The van der Waals surface area contributed by atoms with Crippen LogP contribution in [0.3, 0.4) is 0 Å². The second-order valence-electron chi connectivity index (χ2n) is 4.40. The minimum Gasteiger partial charge on any atom is -0.329 e. The average molecular weight is 221 g/mol. The molecule has 16 heavy (non-hydrogen) atoms. The van der Waals surface area contributed by atoms with Crippen molar-refractivity contribution >= 4 is 0 Å². The highest BCUT2D eigenvalue weighted by Crippen LogP contribution is 2.08. The summed E-state index contributed by atoms with van der Waals surface area (Å²) in [6.07, 6.45) is 11.7. The molecular formula is C14H23NO. The van der Waals surface area contributed by atoms with Crippen molar-refractivity contribution in [3.8, 4) is 0 Å². The van der Waals surface area contributed by atoms with Gasteiger partial charge in [-0.1, -0.05) is 51.5 Å². The van der Waals surface area contributed by atoms with Crippen molar-refractivity contribution in [3.63, 3.8) is 0 Å². The van der Waals surface area contributed by atoms with Crippen LogP contribution in [0.5, 0.6) is 0 Å². The van der Waals surface area contributed by atoms with Gasteiger partial charge in [-0.15, -0.1) is 0 Å². The molecule has 0 aromatic carbocycles. The second-order valence-corrected chi connectivity index (χ2v) is 4.40. The van der Waals surface area contributed by atoms with Crippen LogP contribution >= 0.6 is 0 Å². The molecule has 0 bridgehead atoms. The van der Waals surface area contributed by atoms with Gasteiger partial charge >= 0.3 is 0 Å². The average Bonchev–Trinajstić information content (AvgIpc) is 2.30. The first-order valence-corrected chi connectivity index (χ1v) is 6.51. The Kier molecular flexibility index (Phi) is 6.62. The van der Waals surface area contributed by atoms with E-state index >= 15 is 0 Å². The lowest BCUT2D eigenvalue weighted by Crippen LogP contribution is -2.10. The van der Waals surface area contributed by atoms with Gasteiger partial charge in [0.2, 0.25) is 0 Å². The maximum absolute atomic E-state index is 11.4. The highest BCUT2D eigenvalue weighted by molar-refractivity contribution is 5.08. The minimum absolute atomic E-state index is 0.0773. The summed E-state index contributed by atoms with van der Waals surface area (Å²) in [6.45, 7) is 2.24. The van der Waals surface area contributed by atoms with Crippen LogP contribution in [0.15, 0.2) is 23.1 Å². The van der Waals surface area contributed by atoms with Crippen LogP contribution in [0.4, 0.5) is 0 Å². The molecule has 0 aliphatic carbocycles. The monoisotopic (exact) mass is 221 g/mol. The van der Waals surface area contributed by atoms with Gasteiger partial charge < -0.3 is 4.98 Å². The largest absolute Gasteiger partial charge is 0.329 e. The predicted octanol–water partition coefficient (Wildman–Crippen LogP) is 3.67. The summed E-state index contributed by atoms with van der Waals surface area (Å²) in [6, 6.07) is 3.83. The molecule has 0 amide bonds. The van der Waals surface area contributed by atoms with Crippen LogP contribution in [-0.2, 0) is 6.42 Å². The quantitative estimate of drug-likeness (QED) is 0.667. The van der Waals surface area contributed by atoms with Crippen molar-refractivity contribution in [2.75, 3.05) is 0 Å². The Morgan fingerprint density at radius 1 is 1.06 bits per heavy atom. The van der Waals surface area contributed by atoms with E-state index < -0.39 is 0 Å². The van der Waals surface area contributed by atoms with Gasteiger partial charge in [-0.3, -0.25) is 4.79 Å². The Labute approximate surface area is 98.1 Å². The fraction of sp³-hybridized carbons (Fsp3) is 0.643. The number of aryl methyl sites for hydroxylation is 1. The first kappa shape index (κ1) is 13.0. The summed E-state index contributed by atoms with van der Waals surface area (Å²) < 4.78 is 0. The lowest BCUT2D eigenvalue weighted by atomic mass is 10.1. The standard InChI is InChI=1S/C14H23NO/c1-2-3-4-5-6-7-8-10-13-11-9-12-15-14(13)16/h9,11-12H,2-8,10H2,1H3,(H,15,16). The highest BCUT2D eigenvalue weighted by atomic mass is 16.1. The molecule has 90 valence electrons. The second kappa shape index (κ2) is 8.14. The lowest BCUT2D eigenvalue weighted by Gasteiger charge is -2.01. The van der Waals surface area contributed by atoms with E-state index in [4.69, 9.17) is 0 Å². The molecular weight excluding hydrogens is 198 g/mol. The Bertz CT molecular complexity index is 330. The molecule has 2 heteroatoms. The summed E-state index contributed by atoms with van der Waals surface area (Å²) in [5, 5.41) is 0. The van der Waals surface area contributed by atoms with Gasteiger partial charge in [0.1, 0.15) is 0 Å². The van der Waals surface area contributed by atoms with Gasteiger partial charge in [-0.2, -0.15) is 0 Å². The number of H-pyrrole nitrogens is 1. The number of aromatic nitrogens is 1. The normalized spacial score (nSPS) is 10.6. The van der Waals surface area contributed by atoms with Gasteiger partial charge in [0.05, 0.1) is 0 Å². The first-order valence-electron chi connectivity index (χ1n) is 6.51. The minimum atomic E-state index is 0.0773. The predicted molar refractivity (Wildman–Crippen MR) is 68.8 cm³/mol. The fourth-order valence-corrected chi connectivity index (χ4v) is 1.93. The van der Waals surface area contributed by atoms with E-state index in [0.717, 1.165) is 18.4 Å². The summed E-state index contributed by atoms with van der Waals surface area (Å²) in [5.41, 5.74) is 1.00. The Hall–Kier alpha value is -1.05. The van der Waals surface area contributed by atoms with Gasteiger partial charge in [0, 0.05) is 11.8 Å². The first-order chi connectivity index (χ1) is 7.84. The summed E-state index contributed by atoms with van der Waals surface area (Å²) in [7, 11) is 0. The van der Waals surface area contributed by atoms with Crippen LogP contribution in [0.1, 0.15) is 57.4 Å². The molecule has 1 heterocycles. The van der Waals surface area contributed by atoms with Crippen molar-refractivity contribution in [2.45, 2.75) is 58.3 Å². The lowest BCUT2D eigenvalue weighted by molar-refractivity contribution is 0.588. The van der Waals surface area contributed by atoms with E-state index in [1.54, 1.807) is 6.20 Å². The van der Waals surface area contributed by atoms with Crippen LogP contribution < -0.4 is 5.56 Å². The van der Waals surface area contributed by atoms with Gasteiger partial charge in [0.15, 0.2) is 0 Å². The van der Waals surface area contributed by atoms with Crippen LogP contribution in [0.25, 0.3) is 0 Å². The Balaban J connectivity index is 2.08. The zero-order valence-corrected chi connectivity index (χ0v) is 10.3. The summed E-state index contributed by atoms with van der Waals surface area (Å²) in [5.74, 6) is 0. The van der Waals surface area contributed by atoms with Crippen molar-refractivity contribution in [1.82, 2.24) is 4.98 Å². The molecule has 0 atom stereocenters. The molecule has 1 rings (SSSR count). The number of aromatic amines is 1. The molecule has 0 saturated heterocycles. The highest BCUT2D eigenvalue weighted by Gasteiger charge is 1.97. The number of pyridine rings is 1. The topological polar surface area (TPSA) is 32.9 Å². The number of unbranched alkanes of at least 4 members (excludes halogenated alkanes) is 6. The number of hydrogen-bond acceptors (Lipinski definition) is 1. The van der Waals surface area contributed by atoms with Crippen molar-refractivity contribution in [1.29, 1.82) is 0 Å². The summed E-state index contributed by atoms with van der Waals surface area (Å²) in [4.78, 5) is 14.1. The third kappa shape index (κ3) is 5.15. The third-order valence-electron chi connectivity index (χ3n) is 2.95. The molecule has 0 spiro atoms. The third-order valence-corrected chi connectivity index (χ3v) is 2.95. The molecule has 1 N–H and O–H groups in total. The zero-order chi connectivity index (χ0) is 11.6. The zero-order valence-electron chi connectivity index (χ0n) is 10.3. The van der Waals surface area contributed by atoms with E-state index in [2.05, 4.69) is 11.9 Å². The van der Waals surface area contributed by atoms with E-state index in [1.165, 1.54) is 38.5 Å². The van der Waals surface area contributed by atoms with E-state index in [0.29, 0.717) is 0 Å².